The van der Waals surface area contributed by atoms with Crippen LogP contribution in [0.25, 0.3) is 0 Å². The minimum Gasteiger partial charge on any atom is -0.487 e. The van der Waals surface area contributed by atoms with Crippen LogP contribution < -0.4 is 4.74 Å². The van der Waals surface area contributed by atoms with Crippen molar-refractivity contribution in [1.82, 2.24) is 9.88 Å². The molecule has 1 aromatic rings. The van der Waals surface area contributed by atoms with Crippen LogP contribution in [0.2, 0.25) is 0 Å². The summed E-state index contributed by atoms with van der Waals surface area (Å²) in [5.74, 6) is -0.288. The van der Waals surface area contributed by atoms with E-state index >= 15 is 0 Å². The van der Waals surface area contributed by atoms with Gasteiger partial charge in [-0.3, -0.25) is 9.78 Å². The third kappa shape index (κ3) is 2.01. The van der Waals surface area contributed by atoms with E-state index in [9.17, 15) is 18.8 Å². The molecule has 2 bridgehead atoms. The Morgan fingerprint density at radius 3 is 3.00 bits per heavy atom. The number of rotatable bonds is 2. The molecule has 3 aliphatic heterocycles. The van der Waals surface area contributed by atoms with Crippen LogP contribution in [0.15, 0.2) is 12.4 Å². The van der Waals surface area contributed by atoms with E-state index in [-0.39, 0.29) is 31.2 Å². The van der Waals surface area contributed by atoms with Crippen molar-refractivity contribution >= 4 is 5.91 Å². The maximum absolute atomic E-state index is 13.6. The Bertz CT molecular complexity index is 728. The Balaban J connectivity index is 1.71. The Hall–Kier alpha value is -2.27. The van der Waals surface area contributed by atoms with E-state index in [1.54, 1.807) is 0 Å². The number of carbonyl (C=O) groups is 1. The Kier molecular flexibility index (Phi) is 3.42. The maximum atomic E-state index is 13.6. The summed E-state index contributed by atoms with van der Waals surface area (Å²) in [7, 11) is 0. The second kappa shape index (κ2) is 5.38. The largest absolute Gasteiger partial charge is 0.487 e. The number of pyridine rings is 1. The number of nitriles is 1. The third-order valence-electron chi connectivity index (χ3n) is 4.98. The lowest BCUT2D eigenvalue weighted by Gasteiger charge is -2.34. The summed E-state index contributed by atoms with van der Waals surface area (Å²) in [6, 6.07) is 1.60. The molecule has 2 saturated heterocycles. The molecule has 8 heteroatoms. The molecule has 4 rings (SSSR count). The maximum Gasteiger partial charge on any atom is 0.276 e. The van der Waals surface area contributed by atoms with Crippen LogP contribution in [-0.4, -0.2) is 47.1 Å². The summed E-state index contributed by atoms with van der Waals surface area (Å²) < 4.78 is 38.2. The molecule has 0 aliphatic carbocycles. The number of halogens is 2. The lowest BCUT2D eigenvalue weighted by atomic mass is 9.96. The van der Waals surface area contributed by atoms with Crippen LogP contribution in [0.3, 0.4) is 0 Å². The fraction of sp³-hybridized carbons (Fsp3) is 0.562. The van der Waals surface area contributed by atoms with Gasteiger partial charge in [0.2, 0.25) is 5.60 Å². The van der Waals surface area contributed by atoms with Gasteiger partial charge in [-0.2, -0.15) is 5.26 Å². The SMILES string of the molecule is N#Cc1cncc2c1O[C@H]1C[C@@H]2N(C(=O)C2(C(F)F)CCCO2)C1. The zero-order valence-corrected chi connectivity index (χ0v) is 12.7. The molecule has 1 amide bonds. The molecule has 3 aliphatic rings. The highest BCUT2D eigenvalue weighted by Gasteiger charge is 2.56. The van der Waals surface area contributed by atoms with Crippen molar-refractivity contribution in [3.05, 3.63) is 23.5 Å². The first kappa shape index (κ1) is 15.3. The predicted octanol–water partition coefficient (Wildman–Crippen LogP) is 1.80. The second-order valence-electron chi connectivity index (χ2n) is 6.31. The minimum atomic E-state index is -2.88. The van der Waals surface area contributed by atoms with Crippen LogP contribution in [0.4, 0.5) is 8.78 Å². The number of fused-ring (bicyclic) bond motifs is 4. The minimum absolute atomic E-state index is 0.0155. The number of aromatic nitrogens is 1. The Labute approximate surface area is 137 Å². The van der Waals surface area contributed by atoms with Crippen molar-refractivity contribution in [2.45, 2.75) is 43.4 Å². The number of amides is 1. The molecule has 0 N–H and O–H groups in total. The summed E-state index contributed by atoms with van der Waals surface area (Å²) in [5.41, 5.74) is -1.17. The molecule has 126 valence electrons. The molecule has 0 radical (unpaired) electrons. The quantitative estimate of drug-likeness (QED) is 0.824. The molecule has 1 unspecified atom stereocenters. The lowest BCUT2D eigenvalue weighted by Crippen LogP contribution is -2.53. The monoisotopic (exact) mass is 335 g/mol. The lowest BCUT2D eigenvalue weighted by molar-refractivity contribution is -0.172. The van der Waals surface area contributed by atoms with Crippen molar-refractivity contribution < 1.29 is 23.0 Å². The Morgan fingerprint density at radius 1 is 1.50 bits per heavy atom. The fourth-order valence-corrected chi connectivity index (χ4v) is 3.82. The molecule has 6 nitrogen and oxygen atoms in total. The van der Waals surface area contributed by atoms with Gasteiger partial charge < -0.3 is 14.4 Å². The highest BCUT2D eigenvalue weighted by molar-refractivity contribution is 5.87. The Morgan fingerprint density at radius 2 is 2.33 bits per heavy atom. The van der Waals surface area contributed by atoms with Gasteiger partial charge in [-0.05, 0) is 12.8 Å². The molecule has 0 aromatic carbocycles. The average molecular weight is 335 g/mol. The third-order valence-corrected chi connectivity index (χ3v) is 4.98. The molecule has 2 fully saturated rings. The van der Waals surface area contributed by atoms with E-state index in [0.29, 0.717) is 24.2 Å². The van der Waals surface area contributed by atoms with Crippen LogP contribution in [0, 0.1) is 11.3 Å². The number of alkyl halides is 2. The zero-order chi connectivity index (χ0) is 16.9. The number of ether oxygens (including phenoxy) is 2. The van der Waals surface area contributed by atoms with Gasteiger partial charge in [-0.25, -0.2) is 8.78 Å². The van der Waals surface area contributed by atoms with E-state index < -0.39 is 24.0 Å². The molecule has 0 spiro atoms. The molecule has 0 saturated carbocycles. The summed E-state index contributed by atoms with van der Waals surface area (Å²) in [6.45, 7) is 0.367. The van der Waals surface area contributed by atoms with E-state index in [1.807, 2.05) is 6.07 Å². The van der Waals surface area contributed by atoms with Gasteiger partial charge >= 0.3 is 0 Å². The molecule has 4 heterocycles. The fourth-order valence-electron chi connectivity index (χ4n) is 3.82. The van der Waals surface area contributed by atoms with E-state index in [2.05, 4.69) is 4.98 Å². The number of carbonyl (C=O) groups excluding carboxylic acids is 1. The van der Waals surface area contributed by atoms with Crippen molar-refractivity contribution in [2.24, 2.45) is 0 Å². The standard InChI is InChI=1S/C16H15F2N3O3/c17-14(18)16(2-1-3-23-16)15(22)21-8-10-4-12(21)11-7-20-6-9(5-19)13(11)24-10/h6-7,10,12,14H,1-4,8H2/t10-,12-,16?/m0/s1. The summed E-state index contributed by atoms with van der Waals surface area (Å²) in [5, 5.41) is 9.18. The van der Waals surface area contributed by atoms with Gasteiger partial charge in [0.15, 0.2) is 0 Å². The molecular weight excluding hydrogens is 320 g/mol. The van der Waals surface area contributed by atoms with Gasteiger partial charge in [0, 0.05) is 31.0 Å². The number of hydrogen-bond acceptors (Lipinski definition) is 5. The summed E-state index contributed by atoms with van der Waals surface area (Å²) in [4.78, 5) is 18.3. The molecular formula is C16H15F2N3O3. The van der Waals surface area contributed by atoms with E-state index in [1.165, 1.54) is 17.3 Å². The predicted molar refractivity (Wildman–Crippen MR) is 76.4 cm³/mol. The topological polar surface area (TPSA) is 75.5 Å². The van der Waals surface area contributed by atoms with Crippen LogP contribution in [0.1, 0.15) is 36.4 Å². The van der Waals surface area contributed by atoms with E-state index in [0.717, 1.165) is 0 Å². The van der Waals surface area contributed by atoms with Crippen molar-refractivity contribution in [1.29, 1.82) is 5.26 Å². The number of hydrogen-bond donors (Lipinski definition) is 0. The summed E-state index contributed by atoms with van der Waals surface area (Å²) >= 11 is 0. The van der Waals surface area contributed by atoms with Gasteiger partial charge in [0.1, 0.15) is 23.5 Å². The normalized spacial score (nSPS) is 30.8. The molecule has 24 heavy (non-hydrogen) atoms. The zero-order valence-electron chi connectivity index (χ0n) is 12.7. The first-order valence-corrected chi connectivity index (χ1v) is 7.84. The second-order valence-corrected chi connectivity index (χ2v) is 6.31. The van der Waals surface area contributed by atoms with Crippen LogP contribution in [-0.2, 0) is 9.53 Å². The summed E-state index contributed by atoms with van der Waals surface area (Å²) in [6.07, 6.45) is 0.708. The number of nitrogens with zero attached hydrogens (tertiary/aromatic N) is 3. The average Bonchev–Trinajstić information content (AvgIpc) is 3.20. The first-order valence-electron chi connectivity index (χ1n) is 7.84. The van der Waals surface area contributed by atoms with Crippen molar-refractivity contribution in [3.8, 4) is 11.8 Å². The van der Waals surface area contributed by atoms with Gasteiger partial charge in [0.25, 0.3) is 12.3 Å². The highest BCUT2D eigenvalue weighted by atomic mass is 19.3. The first-order chi connectivity index (χ1) is 11.6. The van der Waals surface area contributed by atoms with Gasteiger partial charge in [-0.15, -0.1) is 0 Å². The van der Waals surface area contributed by atoms with Crippen molar-refractivity contribution in [3.63, 3.8) is 0 Å². The van der Waals surface area contributed by atoms with E-state index in [4.69, 9.17) is 9.47 Å². The van der Waals surface area contributed by atoms with Crippen LogP contribution >= 0.6 is 0 Å². The molecule has 3 atom stereocenters. The highest BCUT2D eigenvalue weighted by Crippen LogP contribution is 2.46. The van der Waals surface area contributed by atoms with Crippen molar-refractivity contribution in [2.75, 3.05) is 13.2 Å². The molecule has 1 aromatic heterocycles. The van der Waals surface area contributed by atoms with Crippen LogP contribution in [0.5, 0.6) is 5.75 Å². The van der Waals surface area contributed by atoms with Gasteiger partial charge in [-0.1, -0.05) is 0 Å². The number of likely N-dealkylation sites (tertiary alicyclic amines) is 1. The van der Waals surface area contributed by atoms with Gasteiger partial charge in [0.05, 0.1) is 12.6 Å². The smallest absolute Gasteiger partial charge is 0.276 e.